The van der Waals surface area contributed by atoms with Crippen LogP contribution in [0.3, 0.4) is 0 Å². The minimum Gasteiger partial charge on any atom is -0.324 e. The van der Waals surface area contributed by atoms with Crippen molar-refractivity contribution in [2.45, 2.75) is 25.6 Å². The SMILES string of the molecule is O=C1Nc2ccc(Br)cc2CN(Cc2ccccc2)C1Cc1ccccc1. The third-order valence-electron chi connectivity index (χ3n) is 4.94. The van der Waals surface area contributed by atoms with Crippen LogP contribution in [0.4, 0.5) is 5.69 Å². The summed E-state index contributed by atoms with van der Waals surface area (Å²) in [6.07, 6.45) is 0.689. The molecule has 27 heavy (non-hydrogen) atoms. The summed E-state index contributed by atoms with van der Waals surface area (Å²) in [5.41, 5.74) is 4.41. The zero-order valence-corrected chi connectivity index (χ0v) is 16.5. The predicted octanol–water partition coefficient (Wildman–Crippen LogP) is 5.01. The van der Waals surface area contributed by atoms with E-state index in [1.165, 1.54) is 11.1 Å². The molecule has 0 fully saturated rings. The van der Waals surface area contributed by atoms with Crippen molar-refractivity contribution >= 4 is 27.5 Å². The van der Waals surface area contributed by atoms with Gasteiger partial charge < -0.3 is 5.32 Å². The molecule has 4 heteroatoms. The summed E-state index contributed by atoms with van der Waals surface area (Å²) in [5.74, 6) is 0.0517. The Morgan fingerprint density at radius 3 is 2.30 bits per heavy atom. The van der Waals surface area contributed by atoms with Gasteiger partial charge in [0.15, 0.2) is 0 Å². The van der Waals surface area contributed by atoms with Gasteiger partial charge in [-0.15, -0.1) is 0 Å². The van der Waals surface area contributed by atoms with E-state index >= 15 is 0 Å². The first kappa shape index (κ1) is 18.0. The second-order valence-corrected chi connectivity index (χ2v) is 7.80. The number of benzene rings is 3. The molecule has 1 atom stereocenters. The van der Waals surface area contributed by atoms with E-state index in [1.807, 2.05) is 48.5 Å². The molecule has 0 spiro atoms. The van der Waals surface area contributed by atoms with Crippen molar-refractivity contribution in [2.24, 2.45) is 0 Å². The van der Waals surface area contributed by atoms with Crippen LogP contribution < -0.4 is 5.32 Å². The lowest BCUT2D eigenvalue weighted by atomic mass is 10.0. The van der Waals surface area contributed by atoms with E-state index in [0.717, 1.165) is 28.8 Å². The quantitative estimate of drug-likeness (QED) is 0.642. The molecule has 0 saturated heterocycles. The molecule has 1 N–H and O–H groups in total. The van der Waals surface area contributed by atoms with Gasteiger partial charge in [-0.25, -0.2) is 0 Å². The number of halogens is 1. The standard InChI is InChI=1S/C23H21BrN2O/c24-20-11-12-21-19(14-20)16-26(15-18-9-5-2-6-10-18)22(23(27)25-21)13-17-7-3-1-4-8-17/h1-12,14,22H,13,15-16H2,(H,25,27). The second kappa shape index (κ2) is 8.07. The molecule has 1 heterocycles. The van der Waals surface area contributed by atoms with Gasteiger partial charge in [-0.05, 0) is 41.3 Å². The molecule has 0 radical (unpaired) electrons. The lowest BCUT2D eigenvalue weighted by Crippen LogP contribution is -2.43. The van der Waals surface area contributed by atoms with Crippen LogP contribution in [0.15, 0.2) is 83.3 Å². The highest BCUT2D eigenvalue weighted by Crippen LogP contribution is 2.28. The Hall–Kier alpha value is -2.43. The van der Waals surface area contributed by atoms with Crippen molar-refractivity contribution < 1.29 is 4.79 Å². The largest absolute Gasteiger partial charge is 0.324 e. The summed E-state index contributed by atoms with van der Waals surface area (Å²) in [5, 5.41) is 3.13. The predicted molar refractivity (Wildman–Crippen MR) is 112 cm³/mol. The third-order valence-corrected chi connectivity index (χ3v) is 5.44. The second-order valence-electron chi connectivity index (χ2n) is 6.89. The number of nitrogens with zero attached hydrogens (tertiary/aromatic N) is 1. The van der Waals surface area contributed by atoms with Crippen LogP contribution in [-0.2, 0) is 24.3 Å². The number of fused-ring (bicyclic) bond motifs is 1. The van der Waals surface area contributed by atoms with Gasteiger partial charge >= 0.3 is 0 Å². The summed E-state index contributed by atoms with van der Waals surface area (Å²) < 4.78 is 1.02. The van der Waals surface area contributed by atoms with E-state index in [0.29, 0.717) is 6.42 Å². The molecular weight excluding hydrogens is 400 g/mol. The van der Waals surface area contributed by atoms with E-state index in [4.69, 9.17) is 0 Å². The summed E-state index contributed by atoms with van der Waals surface area (Å²) in [6, 6.07) is 26.4. The van der Waals surface area contributed by atoms with E-state index in [2.05, 4.69) is 56.5 Å². The maximum absolute atomic E-state index is 13.1. The summed E-state index contributed by atoms with van der Waals surface area (Å²) in [6.45, 7) is 1.46. The zero-order valence-electron chi connectivity index (χ0n) is 14.9. The number of hydrogen-bond donors (Lipinski definition) is 1. The number of hydrogen-bond acceptors (Lipinski definition) is 2. The smallest absolute Gasteiger partial charge is 0.242 e. The van der Waals surface area contributed by atoms with Crippen molar-refractivity contribution in [3.8, 4) is 0 Å². The van der Waals surface area contributed by atoms with Gasteiger partial charge in [0.1, 0.15) is 0 Å². The summed E-state index contributed by atoms with van der Waals surface area (Å²) >= 11 is 3.56. The lowest BCUT2D eigenvalue weighted by Gasteiger charge is -2.28. The highest BCUT2D eigenvalue weighted by atomic mass is 79.9. The molecule has 1 unspecified atom stereocenters. The van der Waals surface area contributed by atoms with Gasteiger partial charge in [0, 0.05) is 23.2 Å². The number of amides is 1. The van der Waals surface area contributed by atoms with E-state index < -0.39 is 0 Å². The first-order valence-electron chi connectivity index (χ1n) is 9.10. The fourth-order valence-corrected chi connectivity index (χ4v) is 3.98. The molecule has 3 aromatic rings. The number of anilines is 1. The van der Waals surface area contributed by atoms with Crippen LogP contribution in [0.1, 0.15) is 16.7 Å². The minimum atomic E-state index is -0.223. The van der Waals surface area contributed by atoms with Crippen molar-refractivity contribution in [3.63, 3.8) is 0 Å². The van der Waals surface area contributed by atoms with Crippen LogP contribution in [-0.4, -0.2) is 16.8 Å². The monoisotopic (exact) mass is 420 g/mol. The number of rotatable bonds is 4. The van der Waals surface area contributed by atoms with E-state index in [9.17, 15) is 4.79 Å². The molecule has 0 bridgehead atoms. The van der Waals surface area contributed by atoms with Gasteiger partial charge in [-0.1, -0.05) is 76.6 Å². The van der Waals surface area contributed by atoms with Gasteiger partial charge in [-0.2, -0.15) is 0 Å². The molecule has 3 aromatic carbocycles. The minimum absolute atomic E-state index is 0.0517. The zero-order chi connectivity index (χ0) is 18.6. The normalized spacial score (nSPS) is 17.1. The highest BCUT2D eigenvalue weighted by Gasteiger charge is 2.30. The average Bonchev–Trinajstić information content (AvgIpc) is 2.80. The van der Waals surface area contributed by atoms with Crippen molar-refractivity contribution in [3.05, 3.63) is 100 Å². The van der Waals surface area contributed by atoms with Crippen molar-refractivity contribution in [1.29, 1.82) is 0 Å². The van der Waals surface area contributed by atoms with Crippen LogP contribution in [0.25, 0.3) is 0 Å². The third kappa shape index (κ3) is 4.29. The Kier molecular flexibility index (Phi) is 5.37. The molecule has 0 aromatic heterocycles. The number of nitrogens with one attached hydrogen (secondary N) is 1. The maximum atomic E-state index is 13.1. The van der Waals surface area contributed by atoms with Crippen LogP contribution in [0, 0.1) is 0 Å². The maximum Gasteiger partial charge on any atom is 0.242 e. The molecule has 0 saturated carbocycles. The molecule has 1 aliphatic rings. The Labute approximate surface area is 168 Å². The van der Waals surface area contributed by atoms with E-state index in [-0.39, 0.29) is 11.9 Å². The topological polar surface area (TPSA) is 32.3 Å². The Morgan fingerprint density at radius 1 is 0.926 bits per heavy atom. The lowest BCUT2D eigenvalue weighted by molar-refractivity contribution is -0.121. The number of carbonyl (C=O) groups excluding carboxylic acids is 1. The first-order valence-corrected chi connectivity index (χ1v) is 9.89. The first-order chi connectivity index (χ1) is 13.2. The Balaban J connectivity index is 1.68. The van der Waals surface area contributed by atoms with Gasteiger partial charge in [0.25, 0.3) is 0 Å². The average molecular weight is 421 g/mol. The summed E-state index contributed by atoms with van der Waals surface area (Å²) in [4.78, 5) is 15.4. The van der Waals surface area contributed by atoms with Gasteiger partial charge in [0.05, 0.1) is 6.04 Å². The molecule has 1 amide bonds. The Bertz CT molecular complexity index is 928. The molecule has 1 aliphatic heterocycles. The Morgan fingerprint density at radius 2 is 1.59 bits per heavy atom. The van der Waals surface area contributed by atoms with Gasteiger partial charge in [0.2, 0.25) is 5.91 Å². The fraction of sp³-hybridized carbons (Fsp3) is 0.174. The molecular formula is C23H21BrN2O. The van der Waals surface area contributed by atoms with Crippen LogP contribution in [0.5, 0.6) is 0 Å². The van der Waals surface area contributed by atoms with Crippen LogP contribution >= 0.6 is 15.9 Å². The summed E-state index contributed by atoms with van der Waals surface area (Å²) in [7, 11) is 0. The van der Waals surface area contributed by atoms with Crippen LogP contribution in [0.2, 0.25) is 0 Å². The van der Waals surface area contributed by atoms with Gasteiger partial charge in [-0.3, -0.25) is 9.69 Å². The number of carbonyl (C=O) groups is 1. The van der Waals surface area contributed by atoms with Crippen molar-refractivity contribution in [2.75, 3.05) is 5.32 Å². The molecule has 4 rings (SSSR count). The van der Waals surface area contributed by atoms with Crippen molar-refractivity contribution in [1.82, 2.24) is 4.90 Å². The highest BCUT2D eigenvalue weighted by molar-refractivity contribution is 9.10. The molecule has 3 nitrogen and oxygen atoms in total. The molecule has 136 valence electrons. The fourth-order valence-electron chi connectivity index (χ4n) is 3.57. The van der Waals surface area contributed by atoms with E-state index in [1.54, 1.807) is 0 Å². The molecule has 0 aliphatic carbocycles.